The fourth-order valence-electron chi connectivity index (χ4n) is 2.02. The Kier molecular flexibility index (Phi) is 3.66. The van der Waals surface area contributed by atoms with E-state index in [0.29, 0.717) is 0 Å². The van der Waals surface area contributed by atoms with Crippen LogP contribution in [0.1, 0.15) is 37.1 Å². The minimum absolute atomic E-state index is 0.721. The van der Waals surface area contributed by atoms with Crippen LogP contribution in [0.2, 0.25) is 0 Å². The average molecular weight is 238 g/mol. The van der Waals surface area contributed by atoms with E-state index in [2.05, 4.69) is 15.4 Å². The lowest BCUT2D eigenvalue weighted by atomic mass is 10.3. The molecule has 4 nitrogen and oxygen atoms in total. The molecule has 0 atom stereocenters. The second-order valence-corrected chi connectivity index (χ2v) is 5.51. The summed E-state index contributed by atoms with van der Waals surface area (Å²) in [4.78, 5) is 8.77. The molecule has 1 heterocycles. The molecule has 1 fully saturated rings. The number of rotatable bonds is 3. The van der Waals surface area contributed by atoms with E-state index < -0.39 is 0 Å². The molecule has 0 aliphatic heterocycles. The monoisotopic (exact) mass is 238 g/mol. The minimum atomic E-state index is 0.721. The largest absolute Gasteiger partial charge is 0.308 e. The van der Waals surface area contributed by atoms with Gasteiger partial charge in [-0.2, -0.15) is 0 Å². The highest BCUT2D eigenvalue weighted by Gasteiger charge is 2.19. The van der Waals surface area contributed by atoms with E-state index in [1.54, 1.807) is 0 Å². The fraction of sp³-hybridized carbons (Fsp3) is 0.636. The van der Waals surface area contributed by atoms with Crippen LogP contribution in [-0.4, -0.2) is 15.2 Å². The molecule has 88 valence electrons. The molecule has 0 unspecified atom stereocenters. The maximum atomic E-state index is 5.45. The Morgan fingerprint density at radius 2 is 1.94 bits per heavy atom. The van der Waals surface area contributed by atoms with Crippen LogP contribution in [0.4, 0.5) is 5.82 Å². The van der Waals surface area contributed by atoms with Crippen molar-refractivity contribution >= 4 is 17.6 Å². The highest BCUT2D eigenvalue weighted by atomic mass is 32.2. The lowest BCUT2D eigenvalue weighted by Crippen LogP contribution is -2.12. The number of hydrogen-bond donors (Lipinski definition) is 2. The molecule has 5 heteroatoms. The molecule has 16 heavy (non-hydrogen) atoms. The summed E-state index contributed by atoms with van der Waals surface area (Å²) >= 11 is 1.87. The topological polar surface area (TPSA) is 63.8 Å². The van der Waals surface area contributed by atoms with E-state index in [-0.39, 0.29) is 0 Å². The van der Waals surface area contributed by atoms with Gasteiger partial charge in [0.1, 0.15) is 16.7 Å². The second-order valence-electron chi connectivity index (χ2n) is 4.22. The molecule has 0 aromatic carbocycles. The fourth-order valence-corrected chi connectivity index (χ4v) is 3.37. The predicted octanol–water partition coefficient (Wildman–Crippen LogP) is 2.41. The van der Waals surface area contributed by atoms with Crippen molar-refractivity contribution in [3.05, 3.63) is 11.4 Å². The molecule has 1 aliphatic rings. The molecular weight excluding hydrogens is 220 g/mol. The highest BCUT2D eigenvalue weighted by Crippen LogP contribution is 2.36. The molecule has 0 spiro atoms. The molecular formula is C11H18N4S. The SMILES string of the molecule is Cc1nc(NN)c(C)c(SC2CCCC2)n1. The van der Waals surface area contributed by atoms with Crippen molar-refractivity contribution < 1.29 is 0 Å². The first kappa shape index (κ1) is 11.7. The molecule has 0 saturated heterocycles. The number of nitrogens with zero attached hydrogens (tertiary/aromatic N) is 2. The van der Waals surface area contributed by atoms with Gasteiger partial charge in [0.15, 0.2) is 0 Å². The number of thioether (sulfide) groups is 1. The summed E-state index contributed by atoms with van der Waals surface area (Å²) in [7, 11) is 0. The molecule has 0 amide bonds. The number of aryl methyl sites for hydroxylation is 1. The van der Waals surface area contributed by atoms with Gasteiger partial charge in [0.05, 0.1) is 0 Å². The summed E-state index contributed by atoms with van der Waals surface area (Å²) in [5.41, 5.74) is 3.70. The zero-order valence-corrected chi connectivity index (χ0v) is 10.6. The number of aromatic nitrogens is 2. The molecule has 1 saturated carbocycles. The lowest BCUT2D eigenvalue weighted by Gasteiger charge is -2.13. The van der Waals surface area contributed by atoms with Crippen LogP contribution in [0.3, 0.4) is 0 Å². The number of nitrogens with two attached hydrogens (primary N) is 1. The van der Waals surface area contributed by atoms with E-state index in [9.17, 15) is 0 Å². The first-order valence-electron chi connectivity index (χ1n) is 5.69. The van der Waals surface area contributed by atoms with E-state index in [0.717, 1.165) is 27.5 Å². The Labute approximate surface area is 100 Å². The van der Waals surface area contributed by atoms with Crippen molar-refractivity contribution in [2.75, 3.05) is 5.43 Å². The maximum Gasteiger partial charge on any atom is 0.147 e. The first-order valence-corrected chi connectivity index (χ1v) is 6.57. The molecule has 0 bridgehead atoms. The van der Waals surface area contributed by atoms with Crippen LogP contribution in [0.15, 0.2) is 5.03 Å². The number of hydrogen-bond acceptors (Lipinski definition) is 5. The molecule has 2 rings (SSSR count). The van der Waals surface area contributed by atoms with Gasteiger partial charge in [0, 0.05) is 10.8 Å². The number of nitrogen functional groups attached to an aromatic ring is 1. The number of nitrogens with one attached hydrogen (secondary N) is 1. The predicted molar refractivity (Wildman–Crippen MR) is 67.4 cm³/mol. The van der Waals surface area contributed by atoms with Crippen molar-refractivity contribution in [1.82, 2.24) is 9.97 Å². The standard InChI is InChI=1S/C11H18N4S/c1-7-10(15-12)13-8(2)14-11(7)16-9-5-3-4-6-9/h9H,3-6,12H2,1-2H3,(H,13,14,15). The summed E-state index contributed by atoms with van der Waals surface area (Å²) < 4.78 is 0. The molecule has 0 radical (unpaired) electrons. The minimum Gasteiger partial charge on any atom is -0.308 e. The van der Waals surface area contributed by atoms with Crippen molar-refractivity contribution in [2.24, 2.45) is 5.84 Å². The summed E-state index contributed by atoms with van der Waals surface area (Å²) in [6.07, 6.45) is 5.31. The van der Waals surface area contributed by atoms with Crippen LogP contribution in [-0.2, 0) is 0 Å². The maximum absolute atomic E-state index is 5.45. The summed E-state index contributed by atoms with van der Waals surface area (Å²) in [6, 6.07) is 0. The van der Waals surface area contributed by atoms with Crippen molar-refractivity contribution in [1.29, 1.82) is 0 Å². The quantitative estimate of drug-likeness (QED) is 0.481. The number of hydrazine groups is 1. The highest BCUT2D eigenvalue weighted by molar-refractivity contribution is 7.99. The smallest absolute Gasteiger partial charge is 0.147 e. The van der Waals surface area contributed by atoms with Crippen LogP contribution in [0, 0.1) is 13.8 Å². The first-order chi connectivity index (χ1) is 7.70. The molecule has 1 aromatic rings. The zero-order valence-electron chi connectivity index (χ0n) is 9.79. The Morgan fingerprint density at radius 1 is 1.25 bits per heavy atom. The van der Waals surface area contributed by atoms with E-state index >= 15 is 0 Å². The van der Waals surface area contributed by atoms with Crippen molar-refractivity contribution in [3.8, 4) is 0 Å². The molecule has 1 aliphatic carbocycles. The van der Waals surface area contributed by atoms with Gasteiger partial charge in [-0.25, -0.2) is 15.8 Å². The van der Waals surface area contributed by atoms with Gasteiger partial charge in [0.2, 0.25) is 0 Å². The van der Waals surface area contributed by atoms with Gasteiger partial charge in [-0.05, 0) is 26.7 Å². The van der Waals surface area contributed by atoms with E-state index in [1.165, 1.54) is 25.7 Å². The summed E-state index contributed by atoms with van der Waals surface area (Å²) in [5, 5.41) is 1.80. The van der Waals surface area contributed by atoms with Gasteiger partial charge in [-0.1, -0.05) is 12.8 Å². The van der Waals surface area contributed by atoms with Crippen molar-refractivity contribution in [2.45, 2.75) is 49.8 Å². The zero-order chi connectivity index (χ0) is 11.5. The third-order valence-electron chi connectivity index (χ3n) is 2.93. The number of anilines is 1. The molecule has 1 aromatic heterocycles. The van der Waals surface area contributed by atoms with Gasteiger partial charge in [-0.15, -0.1) is 11.8 Å². The average Bonchev–Trinajstić information content (AvgIpc) is 2.75. The third-order valence-corrected chi connectivity index (χ3v) is 4.36. The van der Waals surface area contributed by atoms with Gasteiger partial charge < -0.3 is 5.43 Å². The van der Waals surface area contributed by atoms with Crippen LogP contribution >= 0.6 is 11.8 Å². The summed E-state index contributed by atoms with van der Waals surface area (Å²) in [6.45, 7) is 3.92. The van der Waals surface area contributed by atoms with E-state index in [4.69, 9.17) is 5.84 Å². The van der Waals surface area contributed by atoms with Gasteiger partial charge >= 0.3 is 0 Å². The normalized spacial score (nSPS) is 16.7. The van der Waals surface area contributed by atoms with Gasteiger partial charge in [-0.3, -0.25) is 0 Å². The second kappa shape index (κ2) is 5.01. The van der Waals surface area contributed by atoms with E-state index in [1.807, 2.05) is 25.6 Å². The Bertz CT molecular complexity index is 374. The Morgan fingerprint density at radius 3 is 2.56 bits per heavy atom. The summed E-state index contributed by atoms with van der Waals surface area (Å²) in [5.74, 6) is 6.97. The van der Waals surface area contributed by atoms with Crippen LogP contribution < -0.4 is 11.3 Å². The Hall–Kier alpha value is -0.810. The van der Waals surface area contributed by atoms with Gasteiger partial charge in [0.25, 0.3) is 0 Å². The lowest BCUT2D eigenvalue weighted by molar-refractivity contribution is 0.885. The van der Waals surface area contributed by atoms with Crippen LogP contribution in [0.5, 0.6) is 0 Å². The molecule has 3 N–H and O–H groups in total. The third kappa shape index (κ3) is 2.47. The Balaban J connectivity index is 2.21. The van der Waals surface area contributed by atoms with Crippen LogP contribution in [0.25, 0.3) is 0 Å². The van der Waals surface area contributed by atoms with Crippen molar-refractivity contribution in [3.63, 3.8) is 0 Å².